The second-order valence-corrected chi connectivity index (χ2v) is 5.66. The van der Waals surface area contributed by atoms with E-state index in [2.05, 4.69) is 10.1 Å². The van der Waals surface area contributed by atoms with Gasteiger partial charge in [0.2, 0.25) is 0 Å². The Kier molecular flexibility index (Phi) is 6.32. The third-order valence-electron chi connectivity index (χ3n) is 3.66. The fourth-order valence-electron chi connectivity index (χ4n) is 2.15. The normalized spacial score (nSPS) is 11.3. The molecule has 1 amide bonds. The Balaban J connectivity index is 2.03. The molecule has 0 saturated carbocycles. The summed E-state index contributed by atoms with van der Waals surface area (Å²) in [5.74, 6) is -1.02. The monoisotopic (exact) mass is 355 g/mol. The number of carbonyl (C=O) groups excluding carboxylic acids is 2. The Labute approximate surface area is 151 Å². The summed E-state index contributed by atoms with van der Waals surface area (Å²) >= 11 is 0. The molecule has 7 heteroatoms. The van der Waals surface area contributed by atoms with Gasteiger partial charge in [0.15, 0.2) is 0 Å². The van der Waals surface area contributed by atoms with Crippen LogP contribution in [-0.2, 0) is 20.9 Å². The Morgan fingerprint density at radius 1 is 1.12 bits per heavy atom. The highest BCUT2D eigenvalue weighted by atomic mass is 16.6. The van der Waals surface area contributed by atoms with E-state index in [-0.39, 0.29) is 12.4 Å². The van der Waals surface area contributed by atoms with Crippen LogP contribution in [0, 0.1) is 12.3 Å². The molecule has 4 N–H and O–H groups in total. The Bertz CT molecular complexity index is 785. The Hall–Kier alpha value is -3.35. The summed E-state index contributed by atoms with van der Waals surface area (Å²) in [5, 5.41) is 10.0. The molecule has 0 radical (unpaired) electrons. The molecule has 0 saturated heterocycles. The lowest BCUT2D eigenvalue weighted by Gasteiger charge is -2.17. The van der Waals surface area contributed by atoms with E-state index < -0.39 is 18.0 Å². The average molecular weight is 355 g/mol. The summed E-state index contributed by atoms with van der Waals surface area (Å²) in [7, 11) is 1.20. The first kappa shape index (κ1) is 19.0. The predicted molar refractivity (Wildman–Crippen MR) is 96.9 cm³/mol. The van der Waals surface area contributed by atoms with Crippen molar-refractivity contribution in [2.75, 3.05) is 7.11 Å². The minimum absolute atomic E-state index is 0.0298. The van der Waals surface area contributed by atoms with Crippen LogP contribution in [-0.4, -0.2) is 30.9 Å². The van der Waals surface area contributed by atoms with Gasteiger partial charge in [-0.2, -0.15) is 0 Å². The molecule has 0 heterocycles. The lowest BCUT2D eigenvalue weighted by Crippen LogP contribution is -2.44. The van der Waals surface area contributed by atoms with E-state index >= 15 is 0 Å². The van der Waals surface area contributed by atoms with Crippen molar-refractivity contribution < 1.29 is 19.1 Å². The van der Waals surface area contributed by atoms with Crippen molar-refractivity contribution in [2.24, 2.45) is 5.73 Å². The quantitative estimate of drug-likeness (QED) is 0.301. The van der Waals surface area contributed by atoms with Crippen LogP contribution < -0.4 is 15.8 Å². The summed E-state index contributed by atoms with van der Waals surface area (Å²) in [6, 6.07) is 13.8. The zero-order valence-electron chi connectivity index (χ0n) is 14.6. The molecule has 2 rings (SSSR count). The van der Waals surface area contributed by atoms with Gasteiger partial charge in [-0.3, -0.25) is 10.2 Å². The molecule has 0 fully saturated rings. The zero-order chi connectivity index (χ0) is 19.1. The number of hydrogen-bond acceptors (Lipinski definition) is 5. The molecule has 136 valence electrons. The number of hydrogen-bond donors (Lipinski definition) is 3. The van der Waals surface area contributed by atoms with Crippen LogP contribution >= 0.6 is 0 Å². The average Bonchev–Trinajstić information content (AvgIpc) is 2.65. The van der Waals surface area contributed by atoms with Gasteiger partial charge in [-0.1, -0.05) is 42.0 Å². The number of rotatable bonds is 7. The van der Waals surface area contributed by atoms with Crippen molar-refractivity contribution in [1.29, 1.82) is 5.41 Å². The lowest BCUT2D eigenvalue weighted by atomic mass is 10.1. The number of benzene rings is 2. The third-order valence-corrected chi connectivity index (χ3v) is 3.66. The molecule has 0 aliphatic heterocycles. The molecule has 0 aliphatic carbocycles. The van der Waals surface area contributed by atoms with Gasteiger partial charge >= 0.3 is 5.97 Å². The van der Waals surface area contributed by atoms with Crippen LogP contribution in [0.1, 0.15) is 16.7 Å². The molecule has 0 aliphatic rings. The van der Waals surface area contributed by atoms with Gasteiger partial charge in [0.25, 0.3) is 12.0 Å². The molecule has 26 heavy (non-hydrogen) atoms. The standard InChI is InChI=1S/C19H21N3O4/c1-12-3-9-15(10-4-12)26-16(19(24)25-2)18(23)22-11-13-5-7-14(8-6-13)17(20)21/h3-10,16H,11H2,1-2H3,(H3,20,21)(H,22,23). The highest BCUT2D eigenvalue weighted by molar-refractivity contribution is 6.01. The Morgan fingerprint density at radius 2 is 1.73 bits per heavy atom. The SMILES string of the molecule is COC(=O)C(Oc1ccc(C)cc1)C(=O)NCc1ccc(C(=N)N)cc1. The van der Waals surface area contributed by atoms with E-state index in [1.165, 1.54) is 7.11 Å². The van der Waals surface area contributed by atoms with Gasteiger partial charge in [-0.25, -0.2) is 4.79 Å². The number of ether oxygens (including phenoxy) is 2. The molecule has 1 unspecified atom stereocenters. The minimum atomic E-state index is -1.40. The zero-order valence-corrected chi connectivity index (χ0v) is 14.6. The number of esters is 1. The van der Waals surface area contributed by atoms with E-state index in [0.29, 0.717) is 11.3 Å². The number of aryl methyl sites for hydroxylation is 1. The number of amides is 1. The number of nitrogens with one attached hydrogen (secondary N) is 2. The minimum Gasteiger partial charge on any atom is -0.469 e. The second kappa shape index (κ2) is 8.66. The largest absolute Gasteiger partial charge is 0.469 e. The number of amidine groups is 1. The molecule has 0 spiro atoms. The molecule has 7 nitrogen and oxygen atoms in total. The number of methoxy groups -OCH3 is 1. The maximum absolute atomic E-state index is 12.4. The predicted octanol–water partition coefficient (Wildman–Crippen LogP) is 1.52. The first-order valence-corrected chi connectivity index (χ1v) is 7.93. The van der Waals surface area contributed by atoms with Crippen LogP contribution in [0.5, 0.6) is 5.75 Å². The van der Waals surface area contributed by atoms with Gasteiger partial charge < -0.3 is 20.5 Å². The van der Waals surface area contributed by atoms with Gasteiger partial charge in [0.1, 0.15) is 11.6 Å². The highest BCUT2D eigenvalue weighted by Gasteiger charge is 2.29. The molecule has 2 aromatic carbocycles. The molecule has 0 bridgehead atoms. The molecular weight excluding hydrogens is 334 g/mol. The van der Waals surface area contributed by atoms with Crippen LogP contribution in [0.3, 0.4) is 0 Å². The summed E-state index contributed by atoms with van der Waals surface area (Å²) < 4.78 is 10.2. The summed E-state index contributed by atoms with van der Waals surface area (Å²) in [5.41, 5.74) is 7.82. The van der Waals surface area contributed by atoms with Crippen LogP contribution in [0.25, 0.3) is 0 Å². The highest BCUT2D eigenvalue weighted by Crippen LogP contribution is 2.14. The van der Waals surface area contributed by atoms with Gasteiger partial charge in [-0.15, -0.1) is 0 Å². The Morgan fingerprint density at radius 3 is 2.27 bits per heavy atom. The van der Waals surface area contributed by atoms with Crippen LogP contribution in [0.4, 0.5) is 0 Å². The fraction of sp³-hybridized carbons (Fsp3) is 0.211. The fourth-order valence-corrected chi connectivity index (χ4v) is 2.15. The molecule has 2 aromatic rings. The van der Waals surface area contributed by atoms with E-state index in [0.717, 1.165) is 11.1 Å². The topological polar surface area (TPSA) is 114 Å². The number of nitrogens with two attached hydrogens (primary N) is 1. The maximum Gasteiger partial charge on any atom is 0.357 e. The van der Waals surface area contributed by atoms with E-state index in [9.17, 15) is 9.59 Å². The van der Waals surface area contributed by atoms with Crippen molar-refractivity contribution >= 4 is 17.7 Å². The van der Waals surface area contributed by atoms with Gasteiger partial charge in [0.05, 0.1) is 7.11 Å². The van der Waals surface area contributed by atoms with Crippen molar-refractivity contribution in [3.8, 4) is 5.75 Å². The summed E-state index contributed by atoms with van der Waals surface area (Å²) in [4.78, 5) is 24.3. The second-order valence-electron chi connectivity index (χ2n) is 5.66. The number of nitrogen functional groups attached to an aromatic ring is 1. The first-order valence-electron chi connectivity index (χ1n) is 7.93. The van der Waals surface area contributed by atoms with Crippen molar-refractivity contribution in [2.45, 2.75) is 19.6 Å². The van der Waals surface area contributed by atoms with Gasteiger partial charge in [-0.05, 0) is 24.6 Å². The van der Waals surface area contributed by atoms with E-state index in [1.54, 1.807) is 36.4 Å². The third kappa shape index (κ3) is 5.07. The van der Waals surface area contributed by atoms with Crippen molar-refractivity contribution in [1.82, 2.24) is 5.32 Å². The lowest BCUT2D eigenvalue weighted by molar-refractivity contribution is -0.154. The van der Waals surface area contributed by atoms with Crippen molar-refractivity contribution in [3.05, 3.63) is 65.2 Å². The molecular formula is C19H21N3O4. The first-order chi connectivity index (χ1) is 12.4. The van der Waals surface area contributed by atoms with E-state index in [1.807, 2.05) is 19.1 Å². The molecule has 1 atom stereocenters. The summed E-state index contributed by atoms with van der Waals surface area (Å²) in [6.07, 6.45) is -1.40. The number of carbonyl (C=O) groups is 2. The van der Waals surface area contributed by atoms with E-state index in [4.69, 9.17) is 15.9 Å². The maximum atomic E-state index is 12.4. The molecule has 0 aromatic heterocycles. The van der Waals surface area contributed by atoms with Crippen LogP contribution in [0.2, 0.25) is 0 Å². The van der Waals surface area contributed by atoms with Crippen molar-refractivity contribution in [3.63, 3.8) is 0 Å². The summed E-state index contributed by atoms with van der Waals surface area (Å²) in [6.45, 7) is 2.12. The van der Waals surface area contributed by atoms with Crippen LogP contribution in [0.15, 0.2) is 48.5 Å². The van der Waals surface area contributed by atoms with Gasteiger partial charge in [0, 0.05) is 12.1 Å². The smallest absolute Gasteiger partial charge is 0.357 e.